The maximum atomic E-state index is 11.9. The van der Waals surface area contributed by atoms with Gasteiger partial charge >= 0.3 is 6.09 Å². The van der Waals surface area contributed by atoms with Gasteiger partial charge in [0.1, 0.15) is 12.3 Å². The maximum Gasteiger partial charge on any atom is 0.407 e. The van der Waals surface area contributed by atoms with Crippen LogP contribution in [0.25, 0.3) is 0 Å². The smallest absolute Gasteiger partial charge is 0.407 e. The molecule has 19 heavy (non-hydrogen) atoms. The molecule has 0 saturated carbocycles. The summed E-state index contributed by atoms with van der Waals surface area (Å²) in [5, 5.41) is 2.73. The van der Waals surface area contributed by atoms with Crippen molar-refractivity contribution in [3.8, 4) is 0 Å². The molecule has 0 aromatic rings. The molecular weight excluding hydrogens is 248 g/mol. The minimum absolute atomic E-state index is 0.000378. The Balaban J connectivity index is 2.40. The largest absolute Gasteiger partial charge is 0.444 e. The molecule has 1 N–H and O–H groups in total. The maximum absolute atomic E-state index is 11.9. The molecule has 1 rings (SSSR count). The highest BCUT2D eigenvalue weighted by Crippen LogP contribution is 2.09. The zero-order chi connectivity index (χ0) is 14.5. The van der Waals surface area contributed by atoms with Crippen LogP contribution in [0.3, 0.4) is 0 Å². The Kier molecular flexibility index (Phi) is 5.60. The molecule has 1 saturated heterocycles. The van der Waals surface area contributed by atoms with Crippen LogP contribution in [-0.2, 0) is 14.3 Å². The van der Waals surface area contributed by atoms with Crippen LogP contribution in [0.2, 0.25) is 0 Å². The second kappa shape index (κ2) is 6.75. The lowest BCUT2D eigenvalue weighted by molar-refractivity contribution is -0.132. The van der Waals surface area contributed by atoms with Crippen molar-refractivity contribution >= 4 is 12.0 Å². The van der Waals surface area contributed by atoms with Crippen molar-refractivity contribution < 1.29 is 19.1 Å². The number of amides is 2. The molecule has 1 atom stereocenters. The molecule has 110 valence electrons. The standard InChI is InChI=1S/C13H24N2O4/c1-5-10(14-12(17)19-13(2,3)4)8-11(16)15-6-7-18-9-15/h10H,5-9H2,1-4H3,(H,14,17). The average molecular weight is 272 g/mol. The highest BCUT2D eigenvalue weighted by atomic mass is 16.6. The molecule has 0 bridgehead atoms. The van der Waals surface area contributed by atoms with Gasteiger partial charge in [-0.3, -0.25) is 4.79 Å². The molecule has 0 aliphatic carbocycles. The van der Waals surface area contributed by atoms with E-state index in [0.717, 1.165) is 0 Å². The number of carbonyl (C=O) groups is 2. The Morgan fingerprint density at radius 1 is 1.42 bits per heavy atom. The molecule has 0 radical (unpaired) electrons. The van der Waals surface area contributed by atoms with Crippen molar-refractivity contribution in [1.29, 1.82) is 0 Å². The molecule has 1 fully saturated rings. The van der Waals surface area contributed by atoms with Gasteiger partial charge in [-0.1, -0.05) is 6.92 Å². The van der Waals surface area contributed by atoms with E-state index in [-0.39, 0.29) is 18.4 Å². The number of hydrogen-bond acceptors (Lipinski definition) is 4. The molecule has 1 aliphatic rings. The first-order valence-corrected chi connectivity index (χ1v) is 6.67. The SMILES string of the molecule is CCC(CC(=O)N1CCOC1)NC(=O)OC(C)(C)C. The summed E-state index contributed by atoms with van der Waals surface area (Å²) in [5.41, 5.74) is -0.533. The molecule has 0 spiro atoms. The van der Waals surface area contributed by atoms with Gasteiger partial charge in [0.05, 0.1) is 6.61 Å². The van der Waals surface area contributed by atoms with E-state index in [0.29, 0.717) is 26.3 Å². The predicted octanol–water partition coefficient (Wildman–Crippen LogP) is 1.50. The first kappa shape index (κ1) is 15.8. The van der Waals surface area contributed by atoms with Gasteiger partial charge in [-0.15, -0.1) is 0 Å². The van der Waals surface area contributed by atoms with Crippen molar-refractivity contribution in [2.75, 3.05) is 19.9 Å². The number of alkyl carbamates (subject to hydrolysis) is 1. The third-order valence-corrected chi connectivity index (χ3v) is 2.74. The summed E-state index contributed by atoms with van der Waals surface area (Å²) >= 11 is 0. The van der Waals surface area contributed by atoms with Crippen molar-refractivity contribution in [1.82, 2.24) is 10.2 Å². The van der Waals surface area contributed by atoms with E-state index in [1.54, 1.807) is 25.7 Å². The predicted molar refractivity (Wildman–Crippen MR) is 70.6 cm³/mol. The fraction of sp³-hybridized carbons (Fsp3) is 0.846. The van der Waals surface area contributed by atoms with Crippen molar-refractivity contribution in [3.63, 3.8) is 0 Å². The van der Waals surface area contributed by atoms with E-state index in [2.05, 4.69) is 5.32 Å². The summed E-state index contributed by atoms with van der Waals surface area (Å²) < 4.78 is 10.3. The van der Waals surface area contributed by atoms with Gasteiger partial charge in [-0.2, -0.15) is 0 Å². The van der Waals surface area contributed by atoms with Gasteiger partial charge in [0.2, 0.25) is 5.91 Å². The summed E-state index contributed by atoms with van der Waals surface area (Å²) in [6, 6.07) is -0.206. The minimum Gasteiger partial charge on any atom is -0.444 e. The van der Waals surface area contributed by atoms with Gasteiger partial charge in [-0.25, -0.2) is 4.79 Å². The van der Waals surface area contributed by atoms with E-state index in [1.807, 2.05) is 6.92 Å². The second-order valence-electron chi connectivity index (χ2n) is 5.65. The van der Waals surface area contributed by atoms with Crippen LogP contribution in [0.5, 0.6) is 0 Å². The van der Waals surface area contributed by atoms with Crippen LogP contribution < -0.4 is 5.32 Å². The van der Waals surface area contributed by atoms with Crippen LogP contribution in [0, 0.1) is 0 Å². The highest BCUT2D eigenvalue weighted by molar-refractivity contribution is 5.78. The van der Waals surface area contributed by atoms with E-state index in [9.17, 15) is 9.59 Å². The summed E-state index contributed by atoms with van der Waals surface area (Å²) in [5.74, 6) is 0.000378. The fourth-order valence-corrected chi connectivity index (χ4v) is 1.72. The molecule has 6 nitrogen and oxygen atoms in total. The fourth-order valence-electron chi connectivity index (χ4n) is 1.72. The second-order valence-corrected chi connectivity index (χ2v) is 5.65. The normalized spacial score (nSPS) is 17.2. The molecule has 1 unspecified atom stereocenters. The Morgan fingerprint density at radius 3 is 2.58 bits per heavy atom. The molecule has 1 aliphatic heterocycles. The van der Waals surface area contributed by atoms with Crippen LogP contribution >= 0.6 is 0 Å². The quantitative estimate of drug-likeness (QED) is 0.842. The minimum atomic E-state index is -0.533. The first-order chi connectivity index (χ1) is 8.81. The zero-order valence-corrected chi connectivity index (χ0v) is 12.2. The summed E-state index contributed by atoms with van der Waals surface area (Å²) in [4.78, 5) is 25.2. The monoisotopic (exact) mass is 272 g/mol. The topological polar surface area (TPSA) is 67.9 Å². The number of ether oxygens (including phenoxy) is 2. The van der Waals surface area contributed by atoms with E-state index in [4.69, 9.17) is 9.47 Å². The number of nitrogens with zero attached hydrogens (tertiary/aromatic N) is 1. The van der Waals surface area contributed by atoms with Crippen LogP contribution in [0.15, 0.2) is 0 Å². The van der Waals surface area contributed by atoms with Gasteiger partial charge in [0.25, 0.3) is 0 Å². The zero-order valence-electron chi connectivity index (χ0n) is 12.2. The third-order valence-electron chi connectivity index (χ3n) is 2.74. The number of hydrogen-bond donors (Lipinski definition) is 1. The lowest BCUT2D eigenvalue weighted by atomic mass is 10.1. The Labute approximate surface area is 114 Å². The highest BCUT2D eigenvalue weighted by Gasteiger charge is 2.24. The number of nitrogens with one attached hydrogen (secondary N) is 1. The summed E-state index contributed by atoms with van der Waals surface area (Å²) in [7, 11) is 0. The van der Waals surface area contributed by atoms with Gasteiger partial charge in [0, 0.05) is 19.0 Å². The van der Waals surface area contributed by atoms with Gasteiger partial charge in [-0.05, 0) is 27.2 Å². The molecule has 6 heteroatoms. The molecule has 0 aromatic carbocycles. The van der Waals surface area contributed by atoms with Crippen LogP contribution in [0.1, 0.15) is 40.5 Å². The molecular formula is C13H24N2O4. The van der Waals surface area contributed by atoms with Crippen LogP contribution in [0.4, 0.5) is 4.79 Å². The van der Waals surface area contributed by atoms with Crippen LogP contribution in [-0.4, -0.2) is 48.4 Å². The number of carbonyl (C=O) groups excluding carboxylic acids is 2. The third kappa shape index (κ3) is 5.92. The summed E-state index contributed by atoms with van der Waals surface area (Å²) in [6.45, 7) is 8.90. The Morgan fingerprint density at radius 2 is 2.11 bits per heavy atom. The lowest BCUT2D eigenvalue weighted by Crippen LogP contribution is -2.42. The van der Waals surface area contributed by atoms with Gasteiger partial charge in [0.15, 0.2) is 0 Å². The average Bonchev–Trinajstić information content (AvgIpc) is 2.78. The van der Waals surface area contributed by atoms with E-state index in [1.165, 1.54) is 0 Å². The summed E-state index contributed by atoms with van der Waals surface area (Å²) in [6.07, 6.45) is 0.475. The lowest BCUT2D eigenvalue weighted by Gasteiger charge is -2.24. The van der Waals surface area contributed by atoms with Crippen molar-refractivity contribution in [2.24, 2.45) is 0 Å². The van der Waals surface area contributed by atoms with Gasteiger partial charge < -0.3 is 19.7 Å². The van der Waals surface area contributed by atoms with E-state index < -0.39 is 11.7 Å². The molecule has 1 heterocycles. The van der Waals surface area contributed by atoms with Crippen molar-refractivity contribution in [2.45, 2.75) is 52.2 Å². The first-order valence-electron chi connectivity index (χ1n) is 6.67. The van der Waals surface area contributed by atoms with Crippen molar-refractivity contribution in [3.05, 3.63) is 0 Å². The number of rotatable bonds is 4. The molecule has 0 aromatic heterocycles. The van der Waals surface area contributed by atoms with E-state index >= 15 is 0 Å². The molecule has 2 amide bonds. The Hall–Kier alpha value is -1.30. The Bertz CT molecular complexity index is 319.